The highest BCUT2D eigenvalue weighted by Gasteiger charge is 2.56. The molecular formula is C34H35FN6O6. The molecule has 2 heterocycles. The standard InChI is InChI=1S/C34H35FN6O6/c1-36-29(42)19-39-18-25(16-37-39)23-6-11-28-24(15-23)12-13-34(28)32(46)41(33(47)38-34)20-30(43)40(17-22-2-7-26(35)8-3-22)27-9-4-21(5-10-27)14-31(44)45/h2-3,6-8,11,14-16,18,27H,4-5,9-10,12-13,17,19-20H2,1H3,(H,36,42)(H,38,47)(H,44,45). The van der Waals surface area contributed by atoms with Crippen molar-refractivity contribution in [2.45, 2.75) is 63.2 Å². The monoisotopic (exact) mass is 642 g/mol. The van der Waals surface area contributed by atoms with Crippen LogP contribution in [0.2, 0.25) is 0 Å². The van der Waals surface area contributed by atoms with Crippen molar-refractivity contribution in [3.05, 3.63) is 89.0 Å². The molecule has 1 unspecified atom stereocenters. The number of benzene rings is 2. The SMILES string of the molecule is CNC(=O)Cn1cc(-c2ccc3c(c2)CCC32NC(=O)N(CC(=O)N(Cc3ccc(F)cc3)C3CCC(=CC(=O)O)CC3)C2=O)cn1. The molecule has 2 aliphatic carbocycles. The number of hydrogen-bond donors (Lipinski definition) is 3. The fraction of sp³-hybridized carbons (Fsp3) is 0.353. The molecule has 1 spiro atoms. The minimum atomic E-state index is -1.28. The summed E-state index contributed by atoms with van der Waals surface area (Å²) in [6.07, 6.45) is 7.58. The minimum Gasteiger partial charge on any atom is -0.478 e. The highest BCUT2D eigenvalue weighted by Crippen LogP contribution is 2.43. The zero-order chi connectivity index (χ0) is 33.3. The summed E-state index contributed by atoms with van der Waals surface area (Å²) in [7, 11) is 1.56. The van der Waals surface area contributed by atoms with Gasteiger partial charge in [-0.25, -0.2) is 14.0 Å². The number of aromatic nitrogens is 2. The fourth-order valence-corrected chi connectivity index (χ4v) is 6.84. The van der Waals surface area contributed by atoms with Crippen molar-refractivity contribution in [2.75, 3.05) is 13.6 Å². The molecule has 1 aromatic heterocycles. The first-order valence-corrected chi connectivity index (χ1v) is 15.5. The van der Waals surface area contributed by atoms with Crippen LogP contribution in [0, 0.1) is 5.82 Å². The Morgan fingerprint density at radius 3 is 2.53 bits per heavy atom. The van der Waals surface area contributed by atoms with Gasteiger partial charge in [0.25, 0.3) is 5.91 Å². The first kappa shape index (κ1) is 31.6. The quantitative estimate of drug-likeness (QED) is 0.240. The van der Waals surface area contributed by atoms with Gasteiger partial charge in [0.2, 0.25) is 11.8 Å². The van der Waals surface area contributed by atoms with Gasteiger partial charge < -0.3 is 20.6 Å². The number of carboxylic acids is 1. The molecule has 47 heavy (non-hydrogen) atoms. The van der Waals surface area contributed by atoms with E-state index in [0.29, 0.717) is 49.7 Å². The van der Waals surface area contributed by atoms with Crippen LogP contribution in [0.15, 0.2) is 66.5 Å². The first-order chi connectivity index (χ1) is 22.6. The molecule has 5 amide bonds. The van der Waals surface area contributed by atoms with Crippen LogP contribution in [-0.4, -0.2) is 74.0 Å². The molecule has 3 aliphatic rings. The Hall–Kier alpha value is -5.33. The van der Waals surface area contributed by atoms with Gasteiger partial charge in [-0.05, 0) is 72.9 Å². The highest BCUT2D eigenvalue weighted by atomic mass is 19.1. The van der Waals surface area contributed by atoms with Crippen LogP contribution in [0.25, 0.3) is 11.1 Å². The van der Waals surface area contributed by atoms with Crippen LogP contribution in [-0.2, 0) is 44.2 Å². The lowest BCUT2D eigenvalue weighted by Crippen LogP contribution is -2.48. The summed E-state index contributed by atoms with van der Waals surface area (Å²) in [5.41, 5.74) is 3.45. The molecule has 3 N–H and O–H groups in total. The number of carboxylic acid groups (broad SMARTS) is 1. The van der Waals surface area contributed by atoms with E-state index in [9.17, 15) is 28.4 Å². The molecular weight excluding hydrogens is 607 g/mol. The van der Waals surface area contributed by atoms with Crippen LogP contribution in [0.5, 0.6) is 0 Å². The maximum Gasteiger partial charge on any atom is 0.328 e. The van der Waals surface area contributed by atoms with Gasteiger partial charge in [-0.3, -0.25) is 24.0 Å². The smallest absolute Gasteiger partial charge is 0.328 e. The van der Waals surface area contributed by atoms with E-state index < -0.39 is 41.7 Å². The number of carbonyl (C=O) groups is 5. The van der Waals surface area contributed by atoms with Crippen LogP contribution in [0.1, 0.15) is 48.8 Å². The molecule has 244 valence electrons. The number of allylic oxidation sites excluding steroid dienone is 1. The summed E-state index contributed by atoms with van der Waals surface area (Å²) >= 11 is 0. The first-order valence-electron chi connectivity index (χ1n) is 15.5. The number of fused-ring (bicyclic) bond motifs is 2. The largest absolute Gasteiger partial charge is 0.478 e. The summed E-state index contributed by atoms with van der Waals surface area (Å²) in [6.45, 7) is -0.216. The second kappa shape index (κ2) is 12.8. The molecule has 3 aromatic rings. The van der Waals surface area contributed by atoms with E-state index in [2.05, 4.69) is 15.7 Å². The van der Waals surface area contributed by atoms with Gasteiger partial charge in [0.15, 0.2) is 0 Å². The predicted molar refractivity (Wildman–Crippen MR) is 167 cm³/mol. The number of rotatable bonds is 9. The van der Waals surface area contributed by atoms with Gasteiger partial charge in [0.05, 0.1) is 6.20 Å². The van der Waals surface area contributed by atoms with E-state index in [1.54, 1.807) is 36.5 Å². The molecule has 2 aromatic carbocycles. The van der Waals surface area contributed by atoms with Gasteiger partial charge in [-0.1, -0.05) is 35.9 Å². The molecule has 1 saturated carbocycles. The zero-order valence-corrected chi connectivity index (χ0v) is 25.9. The van der Waals surface area contributed by atoms with Crippen molar-refractivity contribution in [1.29, 1.82) is 0 Å². The van der Waals surface area contributed by atoms with Crippen LogP contribution in [0.3, 0.4) is 0 Å². The van der Waals surface area contributed by atoms with Crippen LogP contribution >= 0.6 is 0 Å². The highest BCUT2D eigenvalue weighted by molar-refractivity contribution is 6.10. The van der Waals surface area contributed by atoms with E-state index in [-0.39, 0.29) is 25.0 Å². The maximum atomic E-state index is 14.0. The Morgan fingerprint density at radius 1 is 1.09 bits per heavy atom. The predicted octanol–water partition coefficient (Wildman–Crippen LogP) is 3.11. The van der Waals surface area contributed by atoms with Crippen molar-refractivity contribution >= 4 is 29.7 Å². The Kier molecular flexibility index (Phi) is 8.63. The van der Waals surface area contributed by atoms with Crippen LogP contribution in [0.4, 0.5) is 9.18 Å². The number of amides is 5. The summed E-state index contributed by atoms with van der Waals surface area (Å²) in [5, 5.41) is 18.8. The van der Waals surface area contributed by atoms with Crippen molar-refractivity contribution in [2.24, 2.45) is 0 Å². The average molecular weight is 643 g/mol. The number of urea groups is 1. The van der Waals surface area contributed by atoms with Gasteiger partial charge in [0, 0.05) is 37.5 Å². The number of halogens is 1. The maximum absolute atomic E-state index is 14.0. The molecule has 1 aliphatic heterocycles. The van der Waals surface area contributed by atoms with E-state index >= 15 is 0 Å². The number of likely N-dealkylation sites (N-methyl/N-ethyl adjacent to an activating group) is 1. The number of hydrogen-bond acceptors (Lipinski definition) is 6. The summed E-state index contributed by atoms with van der Waals surface area (Å²) < 4.78 is 15.2. The van der Waals surface area contributed by atoms with Gasteiger partial charge in [-0.15, -0.1) is 0 Å². The van der Waals surface area contributed by atoms with E-state index in [1.165, 1.54) is 22.9 Å². The molecule has 1 saturated heterocycles. The van der Waals surface area contributed by atoms with Gasteiger partial charge >= 0.3 is 12.0 Å². The number of aryl methyl sites for hydroxylation is 1. The summed E-state index contributed by atoms with van der Waals surface area (Å²) in [5.74, 6) is -2.50. The number of imide groups is 1. The third-order valence-electron chi connectivity index (χ3n) is 9.31. The molecule has 12 nitrogen and oxygen atoms in total. The Labute approximate surface area is 270 Å². The van der Waals surface area contributed by atoms with Crippen molar-refractivity contribution in [3.8, 4) is 11.1 Å². The van der Waals surface area contributed by atoms with Crippen LogP contribution < -0.4 is 10.6 Å². The van der Waals surface area contributed by atoms with E-state index in [0.717, 1.165) is 27.2 Å². The van der Waals surface area contributed by atoms with Crippen molar-refractivity contribution in [1.82, 2.24) is 30.2 Å². The molecule has 0 radical (unpaired) electrons. The summed E-state index contributed by atoms with van der Waals surface area (Å²) in [4.78, 5) is 66.7. The number of nitrogens with zero attached hydrogens (tertiary/aromatic N) is 4. The molecule has 2 fully saturated rings. The molecule has 6 rings (SSSR count). The Balaban J connectivity index is 1.20. The number of nitrogens with one attached hydrogen (secondary N) is 2. The van der Waals surface area contributed by atoms with Crippen molar-refractivity contribution in [3.63, 3.8) is 0 Å². The normalized spacial score (nSPS) is 20.3. The number of aliphatic carboxylic acids is 1. The molecule has 1 atom stereocenters. The molecule has 13 heteroatoms. The second-order valence-corrected chi connectivity index (χ2v) is 12.2. The van der Waals surface area contributed by atoms with Crippen molar-refractivity contribution < 1.29 is 33.5 Å². The Bertz CT molecular complexity index is 1780. The van der Waals surface area contributed by atoms with E-state index in [4.69, 9.17) is 5.11 Å². The molecule has 0 bridgehead atoms. The fourth-order valence-electron chi connectivity index (χ4n) is 6.84. The van der Waals surface area contributed by atoms with E-state index in [1.807, 2.05) is 18.2 Å². The lowest BCUT2D eigenvalue weighted by molar-refractivity contribution is -0.141. The Morgan fingerprint density at radius 2 is 1.83 bits per heavy atom. The topological polar surface area (TPSA) is 154 Å². The third kappa shape index (κ3) is 6.38. The van der Waals surface area contributed by atoms with Gasteiger partial charge in [0.1, 0.15) is 24.4 Å². The lowest BCUT2D eigenvalue weighted by Gasteiger charge is -2.36. The lowest BCUT2D eigenvalue weighted by atomic mass is 9.89. The van der Waals surface area contributed by atoms with Gasteiger partial charge in [-0.2, -0.15) is 5.10 Å². The second-order valence-electron chi connectivity index (χ2n) is 12.2. The minimum absolute atomic E-state index is 0.0878. The zero-order valence-electron chi connectivity index (χ0n) is 25.9. The average Bonchev–Trinajstić information content (AvgIpc) is 3.73. The third-order valence-corrected chi connectivity index (χ3v) is 9.31. The summed E-state index contributed by atoms with van der Waals surface area (Å²) in [6, 6.07) is 10.5. The number of carbonyl (C=O) groups excluding carboxylic acids is 4.